The van der Waals surface area contributed by atoms with Crippen LogP contribution in [0.2, 0.25) is 5.02 Å². The molecule has 2 rings (SSSR count). The van der Waals surface area contributed by atoms with Gasteiger partial charge in [-0.15, -0.1) is 0 Å². The smallest absolute Gasteiger partial charge is 0.127 e. The van der Waals surface area contributed by atoms with Crippen molar-refractivity contribution < 1.29 is 8.78 Å². The number of benzene rings is 2. The van der Waals surface area contributed by atoms with Gasteiger partial charge >= 0.3 is 0 Å². The minimum atomic E-state index is -0.387. The summed E-state index contributed by atoms with van der Waals surface area (Å²) in [5.74, 6) is -1.01. The van der Waals surface area contributed by atoms with Gasteiger partial charge in [-0.05, 0) is 36.7 Å². The van der Waals surface area contributed by atoms with Gasteiger partial charge in [0.2, 0.25) is 0 Å². The highest BCUT2D eigenvalue weighted by Gasteiger charge is 2.18. The molecule has 0 aromatic heterocycles. The lowest BCUT2D eigenvalue weighted by Gasteiger charge is -2.17. The second-order valence-electron chi connectivity index (χ2n) is 4.36. The van der Waals surface area contributed by atoms with Crippen LogP contribution in [0, 0.1) is 11.6 Å². The van der Waals surface area contributed by atoms with E-state index in [1.54, 1.807) is 30.3 Å². The second kappa shape index (κ2) is 6.13. The maximum absolute atomic E-state index is 13.7. The van der Waals surface area contributed by atoms with Gasteiger partial charge in [-0.2, -0.15) is 0 Å². The van der Waals surface area contributed by atoms with Crippen molar-refractivity contribution in [1.29, 1.82) is 0 Å². The van der Waals surface area contributed by atoms with Gasteiger partial charge < -0.3 is 5.73 Å². The van der Waals surface area contributed by atoms with Crippen molar-refractivity contribution in [3.05, 3.63) is 70.2 Å². The Morgan fingerprint density at radius 3 is 2.32 bits per heavy atom. The molecule has 0 fully saturated rings. The van der Waals surface area contributed by atoms with Crippen LogP contribution in [0.25, 0.3) is 0 Å². The van der Waals surface area contributed by atoms with Gasteiger partial charge in [0.05, 0.1) is 0 Å². The van der Waals surface area contributed by atoms with E-state index in [2.05, 4.69) is 0 Å². The molecule has 0 saturated carbocycles. The fourth-order valence-electron chi connectivity index (χ4n) is 2.10. The summed E-state index contributed by atoms with van der Waals surface area (Å²) in [5.41, 5.74) is 6.56. The Labute approximate surface area is 116 Å². The number of hydrogen-bond acceptors (Lipinski definition) is 1. The van der Waals surface area contributed by atoms with Crippen molar-refractivity contribution in [3.63, 3.8) is 0 Å². The topological polar surface area (TPSA) is 26.0 Å². The molecule has 0 heterocycles. The third-order valence-electron chi connectivity index (χ3n) is 3.14. The monoisotopic (exact) mass is 281 g/mol. The van der Waals surface area contributed by atoms with Crippen LogP contribution in [0.1, 0.15) is 17.0 Å². The van der Waals surface area contributed by atoms with Crippen LogP contribution < -0.4 is 5.73 Å². The first-order chi connectivity index (χ1) is 9.13. The van der Waals surface area contributed by atoms with Gasteiger partial charge in [0.15, 0.2) is 0 Å². The molecular weight excluding hydrogens is 268 g/mol. The minimum Gasteiger partial charge on any atom is -0.330 e. The first-order valence-corrected chi connectivity index (χ1v) is 6.38. The summed E-state index contributed by atoms with van der Waals surface area (Å²) in [6, 6.07) is 10.9. The van der Waals surface area contributed by atoms with E-state index in [-0.39, 0.29) is 30.5 Å². The van der Waals surface area contributed by atoms with Crippen LogP contribution in [-0.4, -0.2) is 6.54 Å². The molecule has 2 N–H and O–H groups in total. The summed E-state index contributed by atoms with van der Waals surface area (Å²) in [6.07, 6.45) is 0.281. The van der Waals surface area contributed by atoms with Crippen LogP contribution in [-0.2, 0) is 6.42 Å². The Balaban J connectivity index is 2.32. The van der Waals surface area contributed by atoms with E-state index in [1.807, 2.05) is 0 Å². The van der Waals surface area contributed by atoms with Crippen LogP contribution in [0.15, 0.2) is 42.5 Å². The molecule has 0 aliphatic carbocycles. The highest BCUT2D eigenvalue weighted by molar-refractivity contribution is 6.31. The molecule has 0 amide bonds. The van der Waals surface area contributed by atoms with Gasteiger partial charge in [-0.3, -0.25) is 0 Å². The molecule has 19 heavy (non-hydrogen) atoms. The SMILES string of the molecule is NCC(Cc1c(F)cccc1Cl)c1ccccc1F. The first-order valence-electron chi connectivity index (χ1n) is 6.01. The standard InChI is InChI=1S/C15H14ClF2N/c16-13-5-3-7-15(18)12(13)8-10(9-19)11-4-1-2-6-14(11)17/h1-7,10H,8-9,19H2. The molecule has 100 valence electrons. The molecule has 0 spiro atoms. The molecular formula is C15H14ClF2N. The predicted molar refractivity (Wildman–Crippen MR) is 73.3 cm³/mol. The van der Waals surface area contributed by atoms with Crippen molar-refractivity contribution in [2.24, 2.45) is 5.73 Å². The highest BCUT2D eigenvalue weighted by atomic mass is 35.5. The number of nitrogens with two attached hydrogens (primary N) is 1. The average molecular weight is 282 g/mol. The lowest BCUT2D eigenvalue weighted by atomic mass is 9.91. The summed E-state index contributed by atoms with van der Waals surface area (Å²) in [6.45, 7) is 0.228. The molecule has 4 heteroatoms. The zero-order valence-corrected chi connectivity index (χ0v) is 11.0. The van der Waals surface area contributed by atoms with Crippen LogP contribution >= 0.6 is 11.6 Å². The van der Waals surface area contributed by atoms with E-state index in [9.17, 15) is 8.78 Å². The molecule has 0 aliphatic heterocycles. The van der Waals surface area contributed by atoms with E-state index in [0.717, 1.165) is 0 Å². The van der Waals surface area contributed by atoms with E-state index in [4.69, 9.17) is 17.3 Å². The second-order valence-corrected chi connectivity index (χ2v) is 4.77. The lowest BCUT2D eigenvalue weighted by Crippen LogP contribution is -2.17. The average Bonchev–Trinajstić information content (AvgIpc) is 2.40. The third kappa shape index (κ3) is 3.11. The van der Waals surface area contributed by atoms with Gasteiger partial charge in [0.1, 0.15) is 11.6 Å². The molecule has 2 aromatic carbocycles. The van der Waals surface area contributed by atoms with Crippen LogP contribution in [0.4, 0.5) is 8.78 Å². The van der Waals surface area contributed by atoms with Crippen molar-refractivity contribution in [1.82, 2.24) is 0 Å². The first kappa shape index (κ1) is 14.0. The zero-order chi connectivity index (χ0) is 13.8. The Kier molecular flexibility index (Phi) is 4.51. The van der Waals surface area contributed by atoms with E-state index >= 15 is 0 Å². The molecule has 1 nitrogen and oxygen atoms in total. The van der Waals surface area contributed by atoms with Gasteiger partial charge in [0, 0.05) is 16.5 Å². The van der Waals surface area contributed by atoms with Crippen LogP contribution in [0.5, 0.6) is 0 Å². The molecule has 2 aromatic rings. The maximum atomic E-state index is 13.7. The molecule has 0 saturated heterocycles. The summed E-state index contributed by atoms with van der Waals surface area (Å²) in [4.78, 5) is 0. The summed E-state index contributed by atoms with van der Waals surface area (Å²) in [7, 11) is 0. The van der Waals surface area contributed by atoms with Gasteiger partial charge in [-0.1, -0.05) is 35.9 Å². The fraction of sp³-hybridized carbons (Fsp3) is 0.200. The van der Waals surface area contributed by atoms with Gasteiger partial charge in [0.25, 0.3) is 0 Å². The zero-order valence-electron chi connectivity index (χ0n) is 10.2. The summed E-state index contributed by atoms with van der Waals surface area (Å²) < 4.78 is 27.5. The van der Waals surface area contributed by atoms with E-state index in [1.165, 1.54) is 12.1 Å². The summed E-state index contributed by atoms with van der Waals surface area (Å²) >= 11 is 5.98. The largest absolute Gasteiger partial charge is 0.330 e. The molecule has 0 radical (unpaired) electrons. The van der Waals surface area contributed by atoms with Crippen molar-refractivity contribution >= 4 is 11.6 Å². The van der Waals surface area contributed by atoms with E-state index in [0.29, 0.717) is 16.1 Å². The van der Waals surface area contributed by atoms with Gasteiger partial charge in [-0.25, -0.2) is 8.78 Å². The van der Waals surface area contributed by atoms with E-state index < -0.39 is 0 Å². The lowest BCUT2D eigenvalue weighted by molar-refractivity contribution is 0.559. The number of halogens is 3. The third-order valence-corrected chi connectivity index (χ3v) is 3.50. The Bertz CT molecular complexity index is 552. The Morgan fingerprint density at radius 2 is 1.68 bits per heavy atom. The minimum absolute atomic E-state index is 0.228. The summed E-state index contributed by atoms with van der Waals surface area (Å²) in [5, 5.41) is 0.342. The maximum Gasteiger partial charge on any atom is 0.127 e. The van der Waals surface area contributed by atoms with Crippen molar-refractivity contribution in [2.75, 3.05) is 6.54 Å². The van der Waals surface area contributed by atoms with Crippen molar-refractivity contribution in [2.45, 2.75) is 12.3 Å². The molecule has 1 unspecified atom stereocenters. The number of rotatable bonds is 4. The quantitative estimate of drug-likeness (QED) is 0.904. The van der Waals surface area contributed by atoms with Crippen LogP contribution in [0.3, 0.4) is 0 Å². The normalized spacial score (nSPS) is 12.4. The number of hydrogen-bond donors (Lipinski definition) is 1. The molecule has 1 atom stereocenters. The molecule has 0 aliphatic rings. The highest BCUT2D eigenvalue weighted by Crippen LogP contribution is 2.27. The Morgan fingerprint density at radius 1 is 1.00 bits per heavy atom. The Hall–Kier alpha value is -1.45. The van der Waals surface area contributed by atoms with Crippen molar-refractivity contribution in [3.8, 4) is 0 Å². The predicted octanol–water partition coefficient (Wildman–Crippen LogP) is 3.90. The molecule has 0 bridgehead atoms. The fourth-order valence-corrected chi connectivity index (χ4v) is 2.34.